The summed E-state index contributed by atoms with van der Waals surface area (Å²) in [5.41, 5.74) is 7.81. The molecule has 1 heterocycles. The van der Waals surface area contributed by atoms with Crippen molar-refractivity contribution in [1.82, 2.24) is 10.2 Å². The molecule has 0 spiro atoms. The number of primary amides is 1. The highest BCUT2D eigenvalue weighted by atomic mass is 32.1. The van der Waals surface area contributed by atoms with Gasteiger partial charge in [-0.25, -0.2) is 4.39 Å². The molecule has 0 aliphatic carbocycles. The van der Waals surface area contributed by atoms with Crippen LogP contribution < -0.4 is 11.1 Å². The number of hydrogen-bond donors (Lipinski definition) is 2. The molecule has 7 heteroatoms. The van der Waals surface area contributed by atoms with Crippen molar-refractivity contribution in [2.45, 2.75) is 12.8 Å². The van der Waals surface area contributed by atoms with Gasteiger partial charge in [-0.1, -0.05) is 35.6 Å². The van der Waals surface area contributed by atoms with Gasteiger partial charge in [-0.2, -0.15) is 0 Å². The molecule has 1 aromatic heterocycles. The number of hydrogen-bond acceptors (Lipinski definition) is 5. The molecule has 3 aromatic rings. The lowest BCUT2D eigenvalue weighted by Crippen LogP contribution is -2.11. The van der Waals surface area contributed by atoms with Crippen molar-refractivity contribution in [1.29, 1.82) is 0 Å². The molecule has 0 saturated heterocycles. The van der Waals surface area contributed by atoms with Gasteiger partial charge in [0.1, 0.15) is 10.8 Å². The molecule has 1 amide bonds. The molecule has 0 radical (unpaired) electrons. The number of amides is 1. The van der Waals surface area contributed by atoms with Gasteiger partial charge in [0.05, 0.1) is 0 Å². The standard InChI is InChI=1S/C18H17FN4OS/c19-15-6-4-13(5-7-15)11-16-22-23-18(25-16)21-9-8-12-2-1-3-14(10-12)17(20)24/h1-7,10H,8-9,11H2,(H2,20,24)(H,21,23). The Hall–Kier alpha value is -2.80. The number of halogens is 1. The first-order valence-electron chi connectivity index (χ1n) is 7.79. The smallest absolute Gasteiger partial charge is 0.248 e. The molecule has 25 heavy (non-hydrogen) atoms. The van der Waals surface area contributed by atoms with Crippen molar-refractivity contribution in [2.75, 3.05) is 11.9 Å². The van der Waals surface area contributed by atoms with Crippen molar-refractivity contribution in [3.8, 4) is 0 Å². The molecule has 0 unspecified atom stereocenters. The van der Waals surface area contributed by atoms with E-state index in [9.17, 15) is 9.18 Å². The topological polar surface area (TPSA) is 80.9 Å². The molecule has 0 aliphatic heterocycles. The Morgan fingerprint density at radius 1 is 1.12 bits per heavy atom. The number of benzene rings is 2. The minimum absolute atomic E-state index is 0.247. The highest BCUT2D eigenvalue weighted by Gasteiger charge is 2.06. The Bertz CT molecular complexity index is 864. The number of nitrogens with zero attached hydrogens (tertiary/aromatic N) is 2. The average Bonchev–Trinajstić information content (AvgIpc) is 3.04. The van der Waals surface area contributed by atoms with Gasteiger partial charge in [0, 0.05) is 18.5 Å². The molecule has 3 rings (SSSR count). The summed E-state index contributed by atoms with van der Waals surface area (Å²) >= 11 is 1.47. The fraction of sp³-hybridized carbons (Fsp3) is 0.167. The highest BCUT2D eigenvalue weighted by molar-refractivity contribution is 7.15. The SMILES string of the molecule is NC(=O)c1cccc(CCNc2nnc(Cc3ccc(F)cc3)s2)c1. The van der Waals surface area contributed by atoms with Crippen LogP contribution in [0, 0.1) is 5.82 Å². The van der Waals surface area contributed by atoms with Gasteiger partial charge in [-0.15, -0.1) is 10.2 Å². The summed E-state index contributed by atoms with van der Waals surface area (Å²) in [6, 6.07) is 13.6. The summed E-state index contributed by atoms with van der Waals surface area (Å²) in [5.74, 6) is -0.673. The molecular weight excluding hydrogens is 339 g/mol. The van der Waals surface area contributed by atoms with E-state index in [1.54, 1.807) is 24.3 Å². The molecule has 0 bridgehead atoms. The number of aromatic nitrogens is 2. The number of nitrogens with two attached hydrogens (primary N) is 1. The van der Waals surface area contributed by atoms with Gasteiger partial charge in [-0.3, -0.25) is 4.79 Å². The summed E-state index contributed by atoms with van der Waals surface area (Å²) in [6.45, 7) is 0.674. The third-order valence-corrected chi connectivity index (χ3v) is 4.52. The Labute approximate surface area is 148 Å². The van der Waals surface area contributed by atoms with E-state index in [4.69, 9.17) is 5.73 Å². The monoisotopic (exact) mass is 356 g/mol. The summed E-state index contributed by atoms with van der Waals surface area (Å²) in [4.78, 5) is 11.2. The van der Waals surface area contributed by atoms with Gasteiger partial charge >= 0.3 is 0 Å². The van der Waals surface area contributed by atoms with Gasteiger partial charge in [0.15, 0.2) is 0 Å². The van der Waals surface area contributed by atoms with Crippen LogP contribution in [0.3, 0.4) is 0 Å². The van der Waals surface area contributed by atoms with Crippen LogP contribution in [0.25, 0.3) is 0 Å². The minimum atomic E-state index is -0.427. The Morgan fingerprint density at radius 3 is 2.68 bits per heavy atom. The predicted octanol–water partition coefficient (Wildman–Crippen LogP) is 3.02. The first-order chi connectivity index (χ1) is 12.1. The third kappa shape index (κ3) is 4.84. The third-order valence-electron chi connectivity index (χ3n) is 3.64. The number of nitrogens with one attached hydrogen (secondary N) is 1. The maximum Gasteiger partial charge on any atom is 0.248 e. The highest BCUT2D eigenvalue weighted by Crippen LogP contribution is 2.19. The van der Waals surface area contributed by atoms with Crippen molar-refractivity contribution >= 4 is 22.4 Å². The van der Waals surface area contributed by atoms with Gasteiger partial charge in [0.2, 0.25) is 11.0 Å². The Kier molecular flexibility index (Phi) is 5.35. The zero-order valence-electron chi connectivity index (χ0n) is 13.4. The zero-order valence-corrected chi connectivity index (χ0v) is 14.2. The lowest BCUT2D eigenvalue weighted by Gasteiger charge is -2.04. The molecule has 0 saturated carbocycles. The van der Waals surface area contributed by atoms with Gasteiger partial charge in [-0.05, 0) is 41.8 Å². The molecule has 3 N–H and O–H groups in total. The van der Waals surface area contributed by atoms with Crippen LogP contribution in [0.15, 0.2) is 48.5 Å². The van der Waals surface area contributed by atoms with Crippen LogP contribution in [-0.2, 0) is 12.8 Å². The van der Waals surface area contributed by atoms with E-state index in [2.05, 4.69) is 15.5 Å². The Morgan fingerprint density at radius 2 is 1.92 bits per heavy atom. The summed E-state index contributed by atoms with van der Waals surface area (Å²) < 4.78 is 12.9. The number of anilines is 1. The van der Waals surface area contributed by atoms with Crippen LogP contribution in [0.2, 0.25) is 0 Å². The normalized spacial score (nSPS) is 10.6. The molecule has 5 nitrogen and oxygen atoms in total. The van der Waals surface area contributed by atoms with Crippen LogP contribution in [0.5, 0.6) is 0 Å². The number of carbonyl (C=O) groups excluding carboxylic acids is 1. The van der Waals surface area contributed by atoms with E-state index < -0.39 is 5.91 Å². The second kappa shape index (κ2) is 7.85. The maximum absolute atomic E-state index is 12.9. The molecular formula is C18H17FN4OS. The van der Waals surface area contributed by atoms with E-state index in [1.165, 1.54) is 23.5 Å². The lowest BCUT2D eigenvalue weighted by molar-refractivity contribution is 0.1000. The molecule has 2 aromatic carbocycles. The second-order valence-electron chi connectivity index (χ2n) is 5.55. The number of rotatable bonds is 7. The van der Waals surface area contributed by atoms with E-state index in [0.29, 0.717) is 18.5 Å². The van der Waals surface area contributed by atoms with Gasteiger partial charge < -0.3 is 11.1 Å². The molecule has 128 valence electrons. The lowest BCUT2D eigenvalue weighted by atomic mass is 10.1. The maximum atomic E-state index is 12.9. The predicted molar refractivity (Wildman–Crippen MR) is 96.3 cm³/mol. The minimum Gasteiger partial charge on any atom is -0.366 e. The average molecular weight is 356 g/mol. The molecule has 0 aliphatic rings. The number of carbonyl (C=O) groups is 1. The second-order valence-corrected chi connectivity index (χ2v) is 6.61. The van der Waals surface area contributed by atoms with Crippen molar-refractivity contribution < 1.29 is 9.18 Å². The molecule has 0 atom stereocenters. The summed E-state index contributed by atoms with van der Waals surface area (Å²) in [6.07, 6.45) is 1.37. The van der Waals surface area contributed by atoms with Gasteiger partial charge in [0.25, 0.3) is 0 Å². The quantitative estimate of drug-likeness (QED) is 0.682. The van der Waals surface area contributed by atoms with Crippen molar-refractivity contribution in [3.63, 3.8) is 0 Å². The van der Waals surface area contributed by atoms with E-state index in [-0.39, 0.29) is 5.82 Å². The van der Waals surface area contributed by atoms with Crippen LogP contribution in [0.1, 0.15) is 26.5 Å². The zero-order chi connectivity index (χ0) is 17.6. The largest absolute Gasteiger partial charge is 0.366 e. The fourth-order valence-corrected chi connectivity index (χ4v) is 3.17. The van der Waals surface area contributed by atoms with Crippen molar-refractivity contribution in [2.24, 2.45) is 5.73 Å². The first-order valence-corrected chi connectivity index (χ1v) is 8.61. The van der Waals surface area contributed by atoms with Crippen LogP contribution in [0.4, 0.5) is 9.52 Å². The summed E-state index contributed by atoms with van der Waals surface area (Å²) in [5, 5.41) is 13.1. The first kappa shape index (κ1) is 17.0. The van der Waals surface area contributed by atoms with Crippen LogP contribution >= 0.6 is 11.3 Å². The van der Waals surface area contributed by atoms with E-state index in [1.807, 2.05) is 12.1 Å². The van der Waals surface area contributed by atoms with Crippen LogP contribution in [-0.4, -0.2) is 22.6 Å². The van der Waals surface area contributed by atoms with E-state index in [0.717, 1.165) is 27.7 Å². The Balaban J connectivity index is 1.52. The van der Waals surface area contributed by atoms with E-state index >= 15 is 0 Å². The summed E-state index contributed by atoms with van der Waals surface area (Å²) in [7, 11) is 0. The van der Waals surface area contributed by atoms with Crippen molar-refractivity contribution in [3.05, 3.63) is 76.0 Å². The fourth-order valence-electron chi connectivity index (χ4n) is 2.37. The molecule has 0 fully saturated rings.